The topological polar surface area (TPSA) is 70.1 Å². The third-order valence-corrected chi connectivity index (χ3v) is 6.76. The molecular formula is C28H34N2O4. The third kappa shape index (κ3) is 5.08. The molecule has 4 rings (SSSR count). The minimum atomic E-state index is -0.604. The average molecular weight is 463 g/mol. The molecule has 0 spiro atoms. The number of morpholine rings is 1. The van der Waals surface area contributed by atoms with Crippen molar-refractivity contribution in [2.75, 3.05) is 39.4 Å². The number of benzene rings is 2. The molecule has 1 fully saturated rings. The molecule has 180 valence electrons. The largest absolute Gasteiger partial charge is 0.503 e. The van der Waals surface area contributed by atoms with Crippen molar-refractivity contribution in [3.63, 3.8) is 0 Å². The summed E-state index contributed by atoms with van der Waals surface area (Å²) in [5, 5.41) is 10.9. The predicted octanol–water partition coefficient (Wildman–Crippen LogP) is 4.42. The summed E-state index contributed by atoms with van der Waals surface area (Å²) in [6.45, 7) is 10.7. The van der Waals surface area contributed by atoms with Crippen molar-refractivity contribution in [2.45, 2.75) is 39.2 Å². The molecule has 2 aliphatic heterocycles. The molecule has 0 aliphatic carbocycles. The molecule has 6 nitrogen and oxygen atoms in total. The van der Waals surface area contributed by atoms with Crippen molar-refractivity contribution in [1.82, 2.24) is 9.80 Å². The van der Waals surface area contributed by atoms with Crippen LogP contribution in [-0.2, 0) is 9.53 Å². The highest BCUT2D eigenvalue weighted by Gasteiger charge is 2.43. The number of Topliss-reactive ketones (excluding diaryl/α,β-unsaturated/α-hetero) is 1. The zero-order valence-corrected chi connectivity index (χ0v) is 20.3. The van der Waals surface area contributed by atoms with Crippen LogP contribution in [0.1, 0.15) is 59.3 Å². The number of aryl methyl sites for hydroxylation is 1. The maximum absolute atomic E-state index is 13.5. The van der Waals surface area contributed by atoms with Crippen LogP contribution >= 0.6 is 0 Å². The van der Waals surface area contributed by atoms with E-state index in [-0.39, 0.29) is 11.4 Å². The maximum atomic E-state index is 13.5. The summed E-state index contributed by atoms with van der Waals surface area (Å²) in [6, 6.07) is 14.7. The highest BCUT2D eigenvalue weighted by Crippen LogP contribution is 2.39. The summed E-state index contributed by atoms with van der Waals surface area (Å²) in [5.74, 6) is -0.841. The monoisotopic (exact) mass is 462 g/mol. The van der Waals surface area contributed by atoms with Crippen LogP contribution in [0.2, 0.25) is 0 Å². The van der Waals surface area contributed by atoms with Crippen LogP contribution < -0.4 is 0 Å². The second-order valence-electron chi connectivity index (χ2n) is 9.49. The number of rotatable bonds is 8. The molecule has 1 saturated heterocycles. The zero-order valence-electron chi connectivity index (χ0n) is 20.3. The fourth-order valence-electron chi connectivity index (χ4n) is 4.68. The van der Waals surface area contributed by atoms with Crippen LogP contribution in [0.3, 0.4) is 0 Å². The van der Waals surface area contributed by atoms with E-state index in [0.29, 0.717) is 18.0 Å². The maximum Gasteiger partial charge on any atom is 0.290 e. The highest BCUT2D eigenvalue weighted by molar-refractivity contribution is 6.16. The second kappa shape index (κ2) is 10.5. The minimum Gasteiger partial charge on any atom is -0.503 e. The molecular weight excluding hydrogens is 428 g/mol. The van der Waals surface area contributed by atoms with E-state index in [1.807, 2.05) is 43.3 Å². The number of ketones is 1. The SMILES string of the molecule is Cc1ccc(C(=O)C2=C(O)C(=O)N(CCCN3CCOCC3)C2c2ccc(C(C)C)cc2)cc1. The van der Waals surface area contributed by atoms with E-state index in [1.54, 1.807) is 17.0 Å². The lowest BCUT2D eigenvalue weighted by atomic mass is 9.91. The highest BCUT2D eigenvalue weighted by atomic mass is 16.5. The van der Waals surface area contributed by atoms with Crippen LogP contribution in [0.5, 0.6) is 0 Å². The van der Waals surface area contributed by atoms with Crippen molar-refractivity contribution in [3.8, 4) is 0 Å². The Morgan fingerprint density at radius 3 is 2.29 bits per heavy atom. The fourth-order valence-corrected chi connectivity index (χ4v) is 4.68. The Morgan fingerprint density at radius 1 is 1.03 bits per heavy atom. The average Bonchev–Trinajstić information content (AvgIpc) is 3.10. The quantitative estimate of drug-likeness (QED) is 0.588. The molecule has 0 aromatic heterocycles. The van der Waals surface area contributed by atoms with Crippen LogP contribution in [-0.4, -0.2) is 66.0 Å². The van der Waals surface area contributed by atoms with Gasteiger partial charge >= 0.3 is 0 Å². The molecule has 34 heavy (non-hydrogen) atoms. The standard InChI is InChI=1S/C28H34N2O4/c1-19(2)21-9-11-22(12-10-21)25-24(26(31)23-7-5-20(3)6-8-23)27(32)28(33)30(25)14-4-13-29-15-17-34-18-16-29/h5-12,19,25,32H,4,13-18H2,1-3H3. The van der Waals surface area contributed by atoms with E-state index >= 15 is 0 Å². The number of amides is 1. The number of ether oxygens (including phenoxy) is 1. The van der Waals surface area contributed by atoms with Crippen LogP contribution in [0, 0.1) is 6.92 Å². The summed E-state index contributed by atoms with van der Waals surface area (Å²) in [7, 11) is 0. The van der Waals surface area contributed by atoms with Crippen molar-refractivity contribution in [2.24, 2.45) is 0 Å². The number of carbonyl (C=O) groups is 2. The van der Waals surface area contributed by atoms with Crippen LogP contribution in [0.4, 0.5) is 0 Å². The van der Waals surface area contributed by atoms with Gasteiger partial charge in [-0.3, -0.25) is 14.5 Å². The van der Waals surface area contributed by atoms with Crippen molar-refractivity contribution in [3.05, 3.63) is 82.1 Å². The lowest BCUT2D eigenvalue weighted by Crippen LogP contribution is -2.39. The molecule has 2 aromatic carbocycles. The number of nitrogens with zero attached hydrogens (tertiary/aromatic N) is 2. The first-order valence-corrected chi connectivity index (χ1v) is 12.1. The Morgan fingerprint density at radius 2 is 1.68 bits per heavy atom. The van der Waals surface area contributed by atoms with Gasteiger partial charge in [0.1, 0.15) is 0 Å². The van der Waals surface area contributed by atoms with Gasteiger partial charge in [0.05, 0.1) is 24.8 Å². The lowest BCUT2D eigenvalue weighted by molar-refractivity contribution is -0.129. The first-order chi connectivity index (χ1) is 16.4. The van der Waals surface area contributed by atoms with Gasteiger partial charge in [0, 0.05) is 31.7 Å². The third-order valence-electron chi connectivity index (χ3n) is 6.76. The zero-order chi connectivity index (χ0) is 24.2. The summed E-state index contributed by atoms with van der Waals surface area (Å²) in [4.78, 5) is 30.7. The van der Waals surface area contributed by atoms with Crippen LogP contribution in [0.15, 0.2) is 59.9 Å². The Kier molecular flexibility index (Phi) is 7.49. The molecule has 1 atom stereocenters. The van der Waals surface area contributed by atoms with E-state index in [4.69, 9.17) is 4.74 Å². The number of hydrogen-bond acceptors (Lipinski definition) is 5. The molecule has 0 radical (unpaired) electrons. The van der Waals surface area contributed by atoms with Crippen molar-refractivity contribution in [1.29, 1.82) is 0 Å². The van der Waals surface area contributed by atoms with E-state index in [0.717, 1.165) is 50.4 Å². The van der Waals surface area contributed by atoms with Gasteiger partial charge in [0.2, 0.25) is 0 Å². The van der Waals surface area contributed by atoms with Gasteiger partial charge in [-0.05, 0) is 30.4 Å². The number of aliphatic hydroxyl groups excluding tert-OH is 1. The number of carbonyl (C=O) groups excluding carboxylic acids is 2. The predicted molar refractivity (Wildman–Crippen MR) is 132 cm³/mol. The van der Waals surface area contributed by atoms with Gasteiger partial charge in [-0.1, -0.05) is 67.9 Å². The molecule has 0 saturated carbocycles. The Bertz CT molecular complexity index is 1050. The first kappa shape index (κ1) is 24.2. The van der Waals surface area contributed by atoms with Crippen LogP contribution in [0.25, 0.3) is 0 Å². The smallest absolute Gasteiger partial charge is 0.290 e. The lowest BCUT2D eigenvalue weighted by Gasteiger charge is -2.30. The molecule has 2 aromatic rings. The Hall–Kier alpha value is -2.96. The minimum absolute atomic E-state index is 0.164. The van der Waals surface area contributed by atoms with Crippen molar-refractivity contribution < 1.29 is 19.4 Å². The van der Waals surface area contributed by atoms with E-state index in [1.165, 1.54) is 5.56 Å². The molecule has 1 amide bonds. The summed E-state index contributed by atoms with van der Waals surface area (Å²) in [6.07, 6.45) is 0.756. The number of hydrogen-bond donors (Lipinski definition) is 1. The summed E-state index contributed by atoms with van der Waals surface area (Å²) >= 11 is 0. The summed E-state index contributed by atoms with van der Waals surface area (Å²) in [5.41, 5.74) is 3.70. The second-order valence-corrected chi connectivity index (χ2v) is 9.49. The Balaban J connectivity index is 1.63. The van der Waals surface area contributed by atoms with Gasteiger partial charge in [-0.15, -0.1) is 0 Å². The van der Waals surface area contributed by atoms with Crippen molar-refractivity contribution >= 4 is 11.7 Å². The number of aliphatic hydroxyl groups is 1. The van der Waals surface area contributed by atoms with Gasteiger partial charge in [0.15, 0.2) is 11.5 Å². The molecule has 2 heterocycles. The van der Waals surface area contributed by atoms with E-state index < -0.39 is 17.7 Å². The van der Waals surface area contributed by atoms with E-state index in [9.17, 15) is 14.7 Å². The van der Waals surface area contributed by atoms with Gasteiger partial charge in [0.25, 0.3) is 5.91 Å². The van der Waals surface area contributed by atoms with Gasteiger partial charge in [-0.2, -0.15) is 0 Å². The summed E-state index contributed by atoms with van der Waals surface area (Å²) < 4.78 is 5.42. The molecule has 0 bridgehead atoms. The van der Waals surface area contributed by atoms with Gasteiger partial charge < -0.3 is 14.7 Å². The fraction of sp³-hybridized carbons (Fsp3) is 0.429. The Labute approximate surface area is 201 Å². The molecule has 1 unspecified atom stereocenters. The van der Waals surface area contributed by atoms with Gasteiger partial charge in [-0.25, -0.2) is 0 Å². The molecule has 6 heteroatoms. The first-order valence-electron chi connectivity index (χ1n) is 12.1. The van der Waals surface area contributed by atoms with E-state index in [2.05, 4.69) is 18.7 Å². The molecule has 2 aliphatic rings. The molecule has 1 N–H and O–H groups in total. The normalized spacial score (nSPS) is 19.4.